The van der Waals surface area contributed by atoms with Gasteiger partial charge in [0, 0.05) is 30.8 Å². The number of rotatable bonds is 7. The third-order valence-corrected chi connectivity index (χ3v) is 3.66. The van der Waals surface area contributed by atoms with E-state index in [1.165, 1.54) is 12.1 Å². The fraction of sp³-hybridized carbons (Fsp3) is 0.235. The summed E-state index contributed by atoms with van der Waals surface area (Å²) < 4.78 is 14.4. The molecule has 2 rings (SSSR count). The molecule has 0 radical (unpaired) electrons. The Morgan fingerprint density at radius 3 is 2.56 bits per heavy atom. The summed E-state index contributed by atoms with van der Waals surface area (Å²) in [6.45, 7) is 1.35. The van der Waals surface area contributed by atoms with Crippen molar-refractivity contribution < 1.29 is 18.9 Å². The van der Waals surface area contributed by atoms with Crippen molar-refractivity contribution in [3.8, 4) is 0 Å². The minimum atomic E-state index is -0.669. The van der Waals surface area contributed by atoms with Crippen molar-refractivity contribution >= 4 is 17.5 Å². The Balaban J connectivity index is 1.82. The number of hydrogen-bond donors (Lipinski definition) is 2. The minimum absolute atomic E-state index is 0.0720. The molecule has 0 fully saturated rings. The molecule has 0 unspecified atom stereocenters. The molecule has 0 saturated carbocycles. The van der Waals surface area contributed by atoms with Crippen molar-refractivity contribution in [2.45, 2.75) is 13.5 Å². The van der Waals surface area contributed by atoms with E-state index in [0.717, 1.165) is 29.0 Å². The molecule has 0 aliphatic rings. The maximum Gasteiger partial charge on any atom is 0.285 e. The Kier molecular flexibility index (Phi) is 6.36. The fourth-order valence-corrected chi connectivity index (χ4v) is 2.18. The summed E-state index contributed by atoms with van der Waals surface area (Å²) >= 11 is 0. The zero-order chi connectivity index (χ0) is 20.0. The minimum Gasteiger partial charge on any atom is -0.353 e. The summed E-state index contributed by atoms with van der Waals surface area (Å²) in [5.74, 6) is -1.52. The molecule has 1 aromatic heterocycles. The summed E-state index contributed by atoms with van der Waals surface area (Å²) in [6, 6.07) is 6.16. The van der Waals surface area contributed by atoms with Crippen LogP contribution in [0.5, 0.6) is 0 Å². The average Bonchev–Trinajstić information content (AvgIpc) is 2.62. The highest BCUT2D eigenvalue weighted by Gasteiger charge is 2.11. The third kappa shape index (κ3) is 5.46. The van der Waals surface area contributed by atoms with Gasteiger partial charge in [0.1, 0.15) is 12.4 Å². The van der Waals surface area contributed by atoms with Gasteiger partial charge in [-0.2, -0.15) is 0 Å². The van der Waals surface area contributed by atoms with Crippen LogP contribution in [-0.2, 0) is 11.3 Å². The largest absolute Gasteiger partial charge is 0.353 e. The lowest BCUT2D eigenvalue weighted by Gasteiger charge is -2.09. The van der Waals surface area contributed by atoms with Crippen LogP contribution in [0.1, 0.15) is 15.9 Å². The van der Waals surface area contributed by atoms with Gasteiger partial charge in [-0.05, 0) is 24.6 Å². The first-order valence-electron chi connectivity index (χ1n) is 7.94. The Hall–Kier alpha value is -3.56. The van der Waals surface area contributed by atoms with E-state index < -0.39 is 34.7 Å². The van der Waals surface area contributed by atoms with Gasteiger partial charge in [0.2, 0.25) is 5.91 Å². The number of hydrogen-bond acceptors (Lipinski definition) is 5. The van der Waals surface area contributed by atoms with Crippen molar-refractivity contribution in [3.63, 3.8) is 0 Å². The molecule has 142 valence electrons. The molecule has 2 aromatic rings. The van der Waals surface area contributed by atoms with Crippen LogP contribution in [0.25, 0.3) is 0 Å². The third-order valence-electron chi connectivity index (χ3n) is 3.66. The second-order valence-electron chi connectivity index (χ2n) is 5.68. The highest BCUT2D eigenvalue weighted by molar-refractivity contribution is 5.94. The smallest absolute Gasteiger partial charge is 0.285 e. The first-order chi connectivity index (χ1) is 12.8. The summed E-state index contributed by atoms with van der Waals surface area (Å²) in [5, 5.41) is 15.7. The summed E-state index contributed by atoms with van der Waals surface area (Å²) in [5.41, 5.74) is -0.270. The van der Waals surface area contributed by atoms with E-state index in [0.29, 0.717) is 5.56 Å². The van der Waals surface area contributed by atoms with E-state index in [4.69, 9.17) is 0 Å². The fourth-order valence-electron chi connectivity index (χ4n) is 2.18. The number of aryl methyl sites for hydroxylation is 1. The van der Waals surface area contributed by atoms with Gasteiger partial charge < -0.3 is 10.6 Å². The maximum atomic E-state index is 13.4. The predicted octanol–water partition coefficient (Wildman–Crippen LogP) is 0.750. The molecule has 10 heteroatoms. The van der Waals surface area contributed by atoms with Gasteiger partial charge >= 0.3 is 0 Å². The van der Waals surface area contributed by atoms with Crippen molar-refractivity contribution in [3.05, 3.63) is 73.9 Å². The number of aromatic nitrogens is 1. The van der Waals surface area contributed by atoms with Crippen LogP contribution in [0, 0.1) is 22.9 Å². The quantitative estimate of drug-likeness (QED) is 0.419. The molecule has 1 heterocycles. The maximum absolute atomic E-state index is 13.4. The van der Waals surface area contributed by atoms with E-state index >= 15 is 0 Å². The van der Waals surface area contributed by atoms with E-state index in [1.54, 1.807) is 6.92 Å². The molecule has 0 saturated heterocycles. The van der Waals surface area contributed by atoms with E-state index in [1.807, 2.05) is 0 Å². The normalized spacial score (nSPS) is 10.3. The van der Waals surface area contributed by atoms with Crippen LogP contribution in [-0.4, -0.2) is 34.4 Å². The zero-order valence-electron chi connectivity index (χ0n) is 14.4. The van der Waals surface area contributed by atoms with Crippen LogP contribution >= 0.6 is 0 Å². The van der Waals surface area contributed by atoms with Crippen molar-refractivity contribution in [1.29, 1.82) is 0 Å². The number of carbonyl (C=O) groups is 2. The molecule has 2 N–H and O–H groups in total. The molecular weight excluding hydrogens is 359 g/mol. The Bertz CT molecular complexity index is 941. The lowest BCUT2D eigenvalue weighted by atomic mass is 10.1. The van der Waals surface area contributed by atoms with Crippen LogP contribution in [0.15, 0.2) is 41.3 Å². The second-order valence-corrected chi connectivity index (χ2v) is 5.68. The Morgan fingerprint density at radius 1 is 1.19 bits per heavy atom. The SMILES string of the molecule is Cc1ccc(C(=O)NCCNC(=O)Cn2cc([N+](=O)[O-])ccc2=O)cc1F. The summed E-state index contributed by atoms with van der Waals surface area (Å²) in [6.07, 6.45) is 0.982. The lowest BCUT2D eigenvalue weighted by molar-refractivity contribution is -0.385. The predicted molar refractivity (Wildman–Crippen MR) is 93.8 cm³/mol. The molecule has 0 atom stereocenters. The number of amides is 2. The first-order valence-corrected chi connectivity index (χ1v) is 7.94. The molecule has 2 amide bonds. The number of nitro groups is 1. The van der Waals surface area contributed by atoms with Crippen LogP contribution in [0.3, 0.4) is 0 Å². The number of halogens is 1. The zero-order valence-corrected chi connectivity index (χ0v) is 14.4. The van der Waals surface area contributed by atoms with E-state index in [-0.39, 0.29) is 24.3 Å². The van der Waals surface area contributed by atoms with Gasteiger partial charge in [-0.25, -0.2) is 4.39 Å². The van der Waals surface area contributed by atoms with Gasteiger partial charge in [-0.1, -0.05) is 6.07 Å². The number of benzene rings is 1. The molecule has 0 aliphatic heterocycles. The molecule has 0 aliphatic carbocycles. The van der Waals surface area contributed by atoms with Crippen LogP contribution in [0.4, 0.5) is 10.1 Å². The monoisotopic (exact) mass is 376 g/mol. The lowest BCUT2D eigenvalue weighted by Crippen LogP contribution is -2.37. The van der Waals surface area contributed by atoms with Crippen molar-refractivity contribution in [1.82, 2.24) is 15.2 Å². The molecule has 9 nitrogen and oxygen atoms in total. The number of carbonyl (C=O) groups excluding carboxylic acids is 2. The van der Waals surface area contributed by atoms with Gasteiger partial charge in [-0.3, -0.25) is 29.1 Å². The standard InChI is InChI=1S/C17H17FN4O5/c1-11-2-3-12(8-14(11)18)17(25)20-7-6-19-15(23)10-21-9-13(22(26)27)4-5-16(21)24/h2-5,8-9H,6-7,10H2,1H3,(H,19,23)(H,20,25). The van der Waals surface area contributed by atoms with Gasteiger partial charge in [0.05, 0.1) is 11.1 Å². The number of pyridine rings is 1. The van der Waals surface area contributed by atoms with Crippen molar-refractivity contribution in [2.75, 3.05) is 13.1 Å². The van der Waals surface area contributed by atoms with Crippen molar-refractivity contribution in [2.24, 2.45) is 0 Å². The molecular formula is C17H17FN4O5. The Labute approximate surface area is 153 Å². The Morgan fingerprint density at radius 2 is 1.89 bits per heavy atom. The second kappa shape index (κ2) is 8.70. The highest BCUT2D eigenvalue weighted by atomic mass is 19.1. The van der Waals surface area contributed by atoms with Gasteiger partial charge in [0.15, 0.2) is 0 Å². The summed E-state index contributed by atoms with van der Waals surface area (Å²) in [7, 11) is 0. The summed E-state index contributed by atoms with van der Waals surface area (Å²) in [4.78, 5) is 45.4. The highest BCUT2D eigenvalue weighted by Crippen LogP contribution is 2.09. The molecule has 0 bridgehead atoms. The van der Waals surface area contributed by atoms with Gasteiger partial charge in [0.25, 0.3) is 17.2 Å². The topological polar surface area (TPSA) is 123 Å². The van der Waals surface area contributed by atoms with E-state index in [9.17, 15) is 28.9 Å². The average molecular weight is 376 g/mol. The first kappa shape index (κ1) is 19.8. The molecule has 0 spiro atoms. The number of nitrogens with one attached hydrogen (secondary N) is 2. The number of nitrogens with zero attached hydrogens (tertiary/aromatic N) is 2. The van der Waals surface area contributed by atoms with Crippen LogP contribution in [0.2, 0.25) is 0 Å². The van der Waals surface area contributed by atoms with Crippen LogP contribution < -0.4 is 16.2 Å². The van der Waals surface area contributed by atoms with E-state index in [2.05, 4.69) is 10.6 Å². The molecule has 1 aromatic carbocycles. The van der Waals surface area contributed by atoms with Gasteiger partial charge in [-0.15, -0.1) is 0 Å². The molecule has 27 heavy (non-hydrogen) atoms.